The van der Waals surface area contributed by atoms with E-state index in [1.54, 1.807) is 0 Å². The molecule has 0 amide bonds. The second-order valence-corrected chi connectivity index (χ2v) is 6.11. The van der Waals surface area contributed by atoms with Gasteiger partial charge >= 0.3 is 0 Å². The average molecular weight is 485 g/mol. The molecule has 0 radical (unpaired) electrons. The van der Waals surface area contributed by atoms with E-state index in [1.807, 2.05) is 12.1 Å². The third-order valence-corrected chi connectivity index (χ3v) is 4.20. The molecule has 0 saturated carbocycles. The average Bonchev–Trinajstić information content (AvgIpc) is 3.22. The zero-order chi connectivity index (χ0) is 18.0. The van der Waals surface area contributed by atoms with Crippen molar-refractivity contribution >= 4 is 29.9 Å². The van der Waals surface area contributed by atoms with E-state index in [4.69, 9.17) is 9.73 Å². The van der Waals surface area contributed by atoms with Crippen LogP contribution in [0.2, 0.25) is 0 Å². The van der Waals surface area contributed by atoms with E-state index in [0.717, 1.165) is 68.8 Å². The van der Waals surface area contributed by atoms with Crippen molar-refractivity contribution in [1.29, 1.82) is 0 Å². The largest absolute Gasteiger partial charge is 0.379 e. The molecule has 148 valence electrons. The number of hydrogen-bond donors (Lipinski definition) is 3. The van der Waals surface area contributed by atoms with Gasteiger partial charge in [0.1, 0.15) is 6.33 Å². The molecule has 2 heterocycles. The fourth-order valence-corrected chi connectivity index (χ4v) is 2.83. The number of benzene rings is 1. The number of nitrogens with one attached hydrogen (secondary N) is 3. The molecule has 1 aliphatic heterocycles. The highest BCUT2D eigenvalue weighted by molar-refractivity contribution is 14.0. The van der Waals surface area contributed by atoms with Crippen LogP contribution in [-0.4, -0.2) is 72.0 Å². The van der Waals surface area contributed by atoms with Crippen LogP contribution in [0.5, 0.6) is 0 Å². The molecule has 2 aromatic rings. The topological polar surface area (TPSA) is 90.5 Å². The van der Waals surface area contributed by atoms with E-state index < -0.39 is 0 Å². The summed E-state index contributed by atoms with van der Waals surface area (Å²) in [6.07, 6.45) is 1.52. The highest BCUT2D eigenvalue weighted by atomic mass is 127. The first-order valence-corrected chi connectivity index (χ1v) is 9.12. The first kappa shape index (κ1) is 21.6. The van der Waals surface area contributed by atoms with Crippen LogP contribution in [0.25, 0.3) is 11.4 Å². The number of nitrogens with zero attached hydrogens (tertiary/aromatic N) is 4. The van der Waals surface area contributed by atoms with E-state index in [2.05, 4.69) is 49.8 Å². The summed E-state index contributed by atoms with van der Waals surface area (Å²) in [6.45, 7) is 9.04. The van der Waals surface area contributed by atoms with Crippen LogP contribution < -0.4 is 10.6 Å². The van der Waals surface area contributed by atoms with Crippen molar-refractivity contribution in [2.45, 2.75) is 13.5 Å². The van der Waals surface area contributed by atoms with Gasteiger partial charge in [-0.2, -0.15) is 5.10 Å². The first-order valence-electron chi connectivity index (χ1n) is 9.12. The molecule has 1 saturated heterocycles. The molecule has 27 heavy (non-hydrogen) atoms. The summed E-state index contributed by atoms with van der Waals surface area (Å²) < 4.78 is 5.38. The van der Waals surface area contributed by atoms with Gasteiger partial charge in [0.15, 0.2) is 11.8 Å². The van der Waals surface area contributed by atoms with Crippen LogP contribution in [0.1, 0.15) is 12.5 Å². The van der Waals surface area contributed by atoms with Crippen molar-refractivity contribution in [2.24, 2.45) is 4.99 Å². The molecule has 1 fully saturated rings. The summed E-state index contributed by atoms with van der Waals surface area (Å²) in [7, 11) is 0. The van der Waals surface area contributed by atoms with Crippen LogP contribution in [0, 0.1) is 0 Å². The number of aliphatic imine (C=N–C) groups is 1. The standard InChI is InChI=1S/C18H27N7O.HI/c1-2-19-18(20-6-7-25-8-10-26-11-9-25)21-13-15-4-3-5-16(12-15)17-22-14-23-24-17;/h3-5,12,14H,2,6-11,13H2,1H3,(H2,19,20,21)(H,22,23,24);1H. The second kappa shape index (κ2) is 11.9. The summed E-state index contributed by atoms with van der Waals surface area (Å²) in [5, 5.41) is 13.5. The fourth-order valence-electron chi connectivity index (χ4n) is 2.83. The molecule has 9 heteroatoms. The van der Waals surface area contributed by atoms with Crippen molar-refractivity contribution in [3.8, 4) is 11.4 Å². The van der Waals surface area contributed by atoms with Gasteiger partial charge in [-0.1, -0.05) is 18.2 Å². The molecule has 3 rings (SSSR count). The quantitative estimate of drug-likeness (QED) is 0.313. The number of aromatic amines is 1. The van der Waals surface area contributed by atoms with Gasteiger partial charge in [0, 0.05) is 38.3 Å². The third kappa shape index (κ3) is 7.07. The molecule has 1 aromatic heterocycles. The Kier molecular flexibility index (Phi) is 9.50. The lowest BCUT2D eigenvalue weighted by Crippen LogP contribution is -2.44. The molecular formula is C18H28IN7O. The molecule has 0 unspecified atom stereocenters. The van der Waals surface area contributed by atoms with Crippen molar-refractivity contribution in [1.82, 2.24) is 30.7 Å². The van der Waals surface area contributed by atoms with Gasteiger partial charge in [-0.05, 0) is 18.6 Å². The maximum Gasteiger partial charge on any atom is 0.191 e. The predicted octanol–water partition coefficient (Wildman–Crippen LogP) is 1.48. The molecule has 8 nitrogen and oxygen atoms in total. The van der Waals surface area contributed by atoms with E-state index in [1.165, 1.54) is 6.33 Å². The molecule has 0 atom stereocenters. The number of aromatic nitrogens is 3. The second-order valence-electron chi connectivity index (χ2n) is 6.11. The van der Waals surface area contributed by atoms with Gasteiger partial charge in [0.2, 0.25) is 0 Å². The van der Waals surface area contributed by atoms with Crippen LogP contribution in [0.4, 0.5) is 0 Å². The molecule has 1 aliphatic rings. The normalized spacial score (nSPS) is 15.2. The summed E-state index contributed by atoms with van der Waals surface area (Å²) >= 11 is 0. The Hall–Kier alpha value is -1.72. The SMILES string of the molecule is CCNC(=NCc1cccc(-c2ncn[nH]2)c1)NCCN1CCOCC1.I. The molecule has 0 spiro atoms. The lowest BCUT2D eigenvalue weighted by atomic mass is 10.1. The summed E-state index contributed by atoms with van der Waals surface area (Å²) in [5.41, 5.74) is 2.14. The van der Waals surface area contributed by atoms with Crippen LogP contribution >= 0.6 is 24.0 Å². The summed E-state index contributed by atoms with van der Waals surface area (Å²) in [4.78, 5) is 11.3. The maximum atomic E-state index is 5.38. The van der Waals surface area contributed by atoms with Crippen molar-refractivity contribution in [3.63, 3.8) is 0 Å². The Morgan fingerprint density at radius 1 is 1.30 bits per heavy atom. The molecular weight excluding hydrogens is 457 g/mol. The molecule has 3 N–H and O–H groups in total. The smallest absolute Gasteiger partial charge is 0.191 e. The minimum Gasteiger partial charge on any atom is -0.379 e. The van der Waals surface area contributed by atoms with Crippen LogP contribution in [-0.2, 0) is 11.3 Å². The van der Waals surface area contributed by atoms with Gasteiger partial charge in [0.05, 0.1) is 19.8 Å². The van der Waals surface area contributed by atoms with Crippen molar-refractivity contribution in [2.75, 3.05) is 45.9 Å². The van der Waals surface area contributed by atoms with E-state index >= 15 is 0 Å². The zero-order valence-electron chi connectivity index (χ0n) is 15.6. The monoisotopic (exact) mass is 485 g/mol. The fraction of sp³-hybridized carbons (Fsp3) is 0.500. The van der Waals surface area contributed by atoms with E-state index in [9.17, 15) is 0 Å². The number of morpholine rings is 1. The third-order valence-electron chi connectivity index (χ3n) is 4.20. The number of hydrogen-bond acceptors (Lipinski definition) is 5. The molecule has 0 aliphatic carbocycles. The molecule has 0 bridgehead atoms. The maximum absolute atomic E-state index is 5.38. The lowest BCUT2D eigenvalue weighted by molar-refractivity contribution is 0.0389. The van der Waals surface area contributed by atoms with Crippen LogP contribution in [0.3, 0.4) is 0 Å². The Balaban J connectivity index is 0.00000261. The number of rotatable bonds is 7. The minimum absolute atomic E-state index is 0. The highest BCUT2D eigenvalue weighted by Crippen LogP contribution is 2.15. The molecule has 1 aromatic carbocycles. The Labute approximate surface area is 177 Å². The van der Waals surface area contributed by atoms with Crippen molar-refractivity contribution in [3.05, 3.63) is 36.2 Å². The number of guanidine groups is 1. The first-order chi connectivity index (χ1) is 12.8. The van der Waals surface area contributed by atoms with Gasteiger partial charge in [-0.15, -0.1) is 24.0 Å². The van der Waals surface area contributed by atoms with Crippen molar-refractivity contribution < 1.29 is 4.74 Å². The van der Waals surface area contributed by atoms with Gasteiger partial charge in [0.25, 0.3) is 0 Å². The predicted molar refractivity (Wildman–Crippen MR) is 117 cm³/mol. The Morgan fingerprint density at radius 3 is 2.89 bits per heavy atom. The van der Waals surface area contributed by atoms with Gasteiger partial charge in [-0.25, -0.2) is 9.98 Å². The Bertz CT molecular complexity index is 687. The van der Waals surface area contributed by atoms with Gasteiger partial charge in [-0.3, -0.25) is 10.00 Å². The Morgan fingerprint density at radius 2 is 2.15 bits per heavy atom. The van der Waals surface area contributed by atoms with E-state index in [-0.39, 0.29) is 24.0 Å². The summed E-state index contributed by atoms with van der Waals surface area (Å²) in [6, 6.07) is 8.18. The summed E-state index contributed by atoms with van der Waals surface area (Å²) in [5.74, 6) is 1.61. The highest BCUT2D eigenvalue weighted by Gasteiger charge is 2.09. The minimum atomic E-state index is 0. The lowest BCUT2D eigenvalue weighted by Gasteiger charge is -2.26. The van der Waals surface area contributed by atoms with Crippen LogP contribution in [0.15, 0.2) is 35.6 Å². The number of H-pyrrole nitrogens is 1. The zero-order valence-corrected chi connectivity index (χ0v) is 18.0. The number of halogens is 1. The number of ether oxygens (including phenoxy) is 1. The van der Waals surface area contributed by atoms with Gasteiger partial charge < -0.3 is 15.4 Å². The van der Waals surface area contributed by atoms with E-state index in [0.29, 0.717) is 6.54 Å².